The van der Waals surface area contributed by atoms with Crippen LogP contribution in [0.5, 0.6) is 0 Å². The predicted octanol–water partition coefficient (Wildman–Crippen LogP) is 11.1. The van der Waals surface area contributed by atoms with Crippen molar-refractivity contribution in [3.63, 3.8) is 0 Å². The Balaban J connectivity index is 1.10. The highest BCUT2D eigenvalue weighted by molar-refractivity contribution is 6.19. The molecular formula is C51H36N5+. The van der Waals surface area contributed by atoms with Crippen molar-refractivity contribution in [3.05, 3.63) is 199 Å². The fourth-order valence-electron chi connectivity index (χ4n) is 9.33. The van der Waals surface area contributed by atoms with Gasteiger partial charge in [-0.3, -0.25) is 9.88 Å². The quantitative estimate of drug-likeness (QED) is 0.175. The summed E-state index contributed by atoms with van der Waals surface area (Å²) in [6.07, 6.45) is -0.334. The van der Waals surface area contributed by atoms with Crippen LogP contribution in [0.2, 0.25) is 0 Å². The minimum atomic E-state index is -0.276. The molecule has 0 spiro atoms. The van der Waals surface area contributed by atoms with Crippen LogP contribution >= 0.6 is 0 Å². The molecule has 0 saturated carbocycles. The lowest BCUT2D eigenvalue weighted by Crippen LogP contribution is -2.91. The molecule has 1 aliphatic heterocycles. The van der Waals surface area contributed by atoms with Crippen LogP contribution in [0.1, 0.15) is 23.6 Å². The predicted molar refractivity (Wildman–Crippen MR) is 233 cm³/mol. The Morgan fingerprint density at radius 3 is 1.79 bits per heavy atom. The zero-order valence-corrected chi connectivity index (χ0v) is 30.5. The molecule has 2 unspecified atom stereocenters. The third-order valence-corrected chi connectivity index (χ3v) is 11.9. The largest absolute Gasteiger partial charge is 0.317 e. The molecular weight excluding hydrogens is 683 g/mol. The average Bonchev–Trinajstić information content (AvgIpc) is 3.77. The van der Waals surface area contributed by atoms with E-state index >= 15 is 0 Å². The molecule has 9 aromatic carbocycles. The molecule has 0 saturated heterocycles. The fraction of sp³-hybridized carbons (Fsp3) is 0.0392. The molecule has 2 aromatic heterocycles. The first-order valence-corrected chi connectivity index (χ1v) is 19.4. The van der Waals surface area contributed by atoms with Crippen LogP contribution in [0.15, 0.2) is 193 Å². The third kappa shape index (κ3) is 4.68. The summed E-state index contributed by atoms with van der Waals surface area (Å²) in [5.74, 6) is 0.897. The van der Waals surface area contributed by atoms with E-state index in [1.165, 1.54) is 81.5 Å². The topological polar surface area (TPSA) is 50.9 Å². The number of nitrogens with one attached hydrogen (secondary N) is 1. The summed E-state index contributed by atoms with van der Waals surface area (Å²) < 4.78 is 4.86. The molecule has 1 aliphatic rings. The molecule has 11 aromatic rings. The van der Waals surface area contributed by atoms with Crippen molar-refractivity contribution in [2.24, 2.45) is 4.99 Å². The van der Waals surface area contributed by atoms with Crippen molar-refractivity contribution in [1.29, 1.82) is 0 Å². The number of benzene rings is 9. The van der Waals surface area contributed by atoms with Crippen LogP contribution in [0, 0.1) is 0 Å². The molecule has 3 N–H and O–H groups in total. The van der Waals surface area contributed by atoms with Gasteiger partial charge in [0.1, 0.15) is 5.84 Å². The molecule has 0 aliphatic carbocycles. The van der Waals surface area contributed by atoms with Gasteiger partial charge in [0.05, 0.1) is 22.1 Å². The highest BCUT2D eigenvalue weighted by atomic mass is 15.4. The van der Waals surface area contributed by atoms with Crippen molar-refractivity contribution >= 4 is 81.8 Å². The second-order valence-electron chi connectivity index (χ2n) is 15.0. The zero-order valence-electron chi connectivity index (χ0n) is 30.5. The summed E-state index contributed by atoms with van der Waals surface area (Å²) >= 11 is 0. The Morgan fingerprint density at radius 1 is 0.429 bits per heavy atom. The number of nitrogens with two attached hydrogens (primary N) is 1. The summed E-state index contributed by atoms with van der Waals surface area (Å²) in [6.45, 7) is 0. The number of aromatic nitrogens is 2. The molecule has 0 fully saturated rings. The SMILES string of the molecule is c1ccc(C2NC(c3cc4ccccc4c4ccccc34)=NC(n3c4ccccc4c4cc5ccc(-n6c7ccccc7c7ccccc76)cc5cc43)[NH2+]2)cc1. The van der Waals surface area contributed by atoms with E-state index in [0.29, 0.717) is 0 Å². The molecule has 2 atom stereocenters. The van der Waals surface area contributed by atoms with Crippen LogP contribution in [0.3, 0.4) is 0 Å². The first-order valence-electron chi connectivity index (χ1n) is 19.4. The monoisotopic (exact) mass is 718 g/mol. The molecule has 0 amide bonds. The molecule has 12 rings (SSSR count). The van der Waals surface area contributed by atoms with E-state index < -0.39 is 0 Å². The second-order valence-corrected chi connectivity index (χ2v) is 15.0. The number of nitrogens with zero attached hydrogens (tertiary/aromatic N) is 3. The van der Waals surface area contributed by atoms with Gasteiger partial charge in [0, 0.05) is 38.4 Å². The van der Waals surface area contributed by atoms with E-state index in [1.54, 1.807) is 0 Å². The van der Waals surface area contributed by atoms with E-state index in [-0.39, 0.29) is 12.5 Å². The number of aliphatic imine (C=N–C) groups is 1. The number of hydrogen-bond acceptors (Lipinski definition) is 2. The summed E-state index contributed by atoms with van der Waals surface area (Å²) in [6, 6.07) is 68.3. The maximum absolute atomic E-state index is 5.64. The second kappa shape index (κ2) is 12.2. The zero-order chi connectivity index (χ0) is 36.7. The molecule has 5 nitrogen and oxygen atoms in total. The van der Waals surface area contributed by atoms with Crippen molar-refractivity contribution in [2.75, 3.05) is 0 Å². The number of hydrogen-bond donors (Lipinski definition) is 2. The van der Waals surface area contributed by atoms with Gasteiger partial charge in [-0.2, -0.15) is 4.99 Å². The van der Waals surface area contributed by atoms with E-state index in [0.717, 1.165) is 17.1 Å². The van der Waals surface area contributed by atoms with Gasteiger partial charge < -0.3 is 9.88 Å². The van der Waals surface area contributed by atoms with Gasteiger partial charge in [-0.05, 0) is 80.8 Å². The van der Waals surface area contributed by atoms with Gasteiger partial charge in [-0.15, -0.1) is 0 Å². The molecule has 0 radical (unpaired) electrons. The van der Waals surface area contributed by atoms with Gasteiger partial charge >= 0.3 is 0 Å². The Hall–Kier alpha value is -7.21. The van der Waals surface area contributed by atoms with Crippen molar-refractivity contribution in [2.45, 2.75) is 12.5 Å². The summed E-state index contributed by atoms with van der Waals surface area (Å²) in [5, 5.41) is 18.5. The van der Waals surface area contributed by atoms with E-state index in [1.807, 2.05) is 0 Å². The van der Waals surface area contributed by atoms with Crippen LogP contribution < -0.4 is 10.6 Å². The van der Waals surface area contributed by atoms with Crippen LogP contribution in [-0.4, -0.2) is 15.0 Å². The minimum absolute atomic E-state index is 0.0579. The van der Waals surface area contributed by atoms with E-state index in [9.17, 15) is 0 Å². The van der Waals surface area contributed by atoms with E-state index in [2.05, 4.69) is 208 Å². The average molecular weight is 719 g/mol. The van der Waals surface area contributed by atoms with Gasteiger partial charge in [0.2, 0.25) is 0 Å². The maximum atomic E-state index is 5.64. The number of fused-ring (bicyclic) bond motifs is 10. The smallest absolute Gasteiger partial charge is 0.268 e. The van der Waals surface area contributed by atoms with Gasteiger partial charge in [0.25, 0.3) is 6.29 Å². The standard InChI is InChI=1S/C51H35N5/c1-2-14-32(15-3-1)49-52-50(44-30-34-16-4-5-17-37(34)38-18-6-7-19-39(38)44)54-51(53-49)56-47-25-13-10-22-42(47)43-29-33-26-27-36(28-35(33)31-48(43)56)55-45-23-11-8-20-40(45)41-21-9-12-24-46(41)55/h1-31,49,51,53H,(H,52,54)/p+1. The van der Waals surface area contributed by atoms with Gasteiger partial charge in [-0.25, -0.2) is 0 Å². The van der Waals surface area contributed by atoms with Gasteiger partial charge in [-0.1, -0.05) is 140 Å². The van der Waals surface area contributed by atoms with Crippen LogP contribution in [-0.2, 0) is 0 Å². The Bertz CT molecular complexity index is 3340. The number of quaternary nitrogens is 1. The summed E-state index contributed by atoms with van der Waals surface area (Å²) in [4.78, 5) is 5.64. The van der Waals surface area contributed by atoms with Crippen LogP contribution in [0.25, 0.3) is 81.6 Å². The number of amidine groups is 1. The first-order chi connectivity index (χ1) is 27.8. The lowest BCUT2D eigenvalue weighted by molar-refractivity contribution is -0.751. The normalized spacial score (nSPS) is 16.0. The van der Waals surface area contributed by atoms with E-state index in [4.69, 9.17) is 4.99 Å². The fourth-order valence-corrected chi connectivity index (χ4v) is 9.33. The molecule has 264 valence electrons. The lowest BCUT2D eigenvalue weighted by atomic mass is 9.96. The summed E-state index contributed by atoms with van der Waals surface area (Å²) in [7, 11) is 0. The Morgan fingerprint density at radius 2 is 1.04 bits per heavy atom. The van der Waals surface area contributed by atoms with Crippen LogP contribution in [0.4, 0.5) is 0 Å². The lowest BCUT2D eigenvalue weighted by Gasteiger charge is -2.30. The highest BCUT2D eigenvalue weighted by Gasteiger charge is 2.32. The molecule has 56 heavy (non-hydrogen) atoms. The van der Waals surface area contributed by atoms with Crippen molar-refractivity contribution in [3.8, 4) is 5.69 Å². The molecule has 5 heteroatoms. The summed E-state index contributed by atoms with van der Waals surface area (Å²) in [5.41, 5.74) is 8.22. The Labute approximate surface area is 322 Å². The van der Waals surface area contributed by atoms with Crippen molar-refractivity contribution < 1.29 is 5.32 Å². The first kappa shape index (κ1) is 31.2. The van der Waals surface area contributed by atoms with Crippen molar-refractivity contribution in [1.82, 2.24) is 14.5 Å². The molecule has 3 heterocycles. The maximum Gasteiger partial charge on any atom is 0.268 e. The minimum Gasteiger partial charge on any atom is -0.317 e. The third-order valence-electron chi connectivity index (χ3n) is 11.9. The number of rotatable bonds is 4. The highest BCUT2D eigenvalue weighted by Crippen LogP contribution is 2.38. The Kier molecular flexibility index (Phi) is 6.76. The number of para-hydroxylation sites is 3. The molecule has 0 bridgehead atoms. The van der Waals surface area contributed by atoms with Gasteiger partial charge in [0.15, 0.2) is 6.17 Å².